The molecule has 0 aliphatic heterocycles. The summed E-state index contributed by atoms with van der Waals surface area (Å²) in [4.78, 5) is 8.49. The molecule has 0 aromatic carbocycles. The molecule has 0 bridgehead atoms. The molecule has 0 aliphatic carbocycles. The molecule has 0 amide bonds. The molecule has 0 radical (unpaired) electrons. The first-order valence-corrected chi connectivity index (χ1v) is 10.6. The Bertz CT molecular complexity index is 595. The van der Waals surface area contributed by atoms with E-state index in [0.29, 0.717) is 5.69 Å². The summed E-state index contributed by atoms with van der Waals surface area (Å²) < 4.78 is 0. The third-order valence-corrected chi connectivity index (χ3v) is 2.45. The molecule has 0 saturated heterocycles. The first kappa shape index (κ1) is 14.9. The maximum absolute atomic E-state index is 4.26. The van der Waals surface area contributed by atoms with E-state index < -0.39 is 0 Å². The van der Waals surface area contributed by atoms with Gasteiger partial charge in [-0.3, -0.25) is 0 Å². The van der Waals surface area contributed by atoms with Crippen molar-refractivity contribution in [3.05, 3.63) is 61.1 Å². The third-order valence-electron chi connectivity index (χ3n) is 2.45. The van der Waals surface area contributed by atoms with Gasteiger partial charge in [-0.05, 0) is 24.0 Å². The minimum Gasteiger partial charge on any atom is -0.305 e. The molecule has 6 heteroatoms. The van der Waals surface area contributed by atoms with Crippen molar-refractivity contribution >= 4 is 13.3 Å². The molecule has 0 unspecified atom stereocenters. The van der Waals surface area contributed by atoms with Crippen molar-refractivity contribution < 1.29 is 17.8 Å². The molecule has 3 heterocycles. The molecule has 4 nitrogen and oxygen atoms in total. The minimum absolute atomic E-state index is 0.624. The first-order valence-electron chi connectivity index (χ1n) is 5.63. The predicted octanol–water partition coefficient (Wildman–Crippen LogP) is 3.24. The Morgan fingerprint density at radius 1 is 0.900 bits per heavy atom. The van der Waals surface area contributed by atoms with Crippen LogP contribution in [-0.2, 0) is 17.8 Å². The normalized spacial score (nSPS) is 9.55. The van der Waals surface area contributed by atoms with E-state index in [-0.39, 0.29) is 0 Å². The van der Waals surface area contributed by atoms with E-state index in [1.807, 2.05) is 54.2 Å². The van der Waals surface area contributed by atoms with Gasteiger partial charge in [-0.25, -0.2) is 5.10 Å². The van der Waals surface area contributed by atoms with Crippen molar-refractivity contribution in [3.8, 4) is 22.6 Å². The van der Waals surface area contributed by atoms with Gasteiger partial charge in [-0.2, -0.15) is 5.10 Å². The van der Waals surface area contributed by atoms with E-state index in [1.54, 1.807) is 18.6 Å². The van der Waals surface area contributed by atoms with Crippen molar-refractivity contribution in [3.63, 3.8) is 0 Å². The molecule has 0 spiro atoms. The second-order valence-corrected chi connectivity index (χ2v) is 3.66. The fourth-order valence-corrected chi connectivity index (χ4v) is 1.60. The summed E-state index contributed by atoms with van der Waals surface area (Å²) in [5, 5.41) is 8.02. The van der Waals surface area contributed by atoms with Crippen LogP contribution in [0.1, 0.15) is 0 Å². The van der Waals surface area contributed by atoms with Gasteiger partial charge >= 0.3 is 31.1 Å². The molecule has 0 atom stereocenters. The Morgan fingerprint density at radius 2 is 1.55 bits per heavy atom. The maximum Gasteiger partial charge on any atom is 0.0281 e. The van der Waals surface area contributed by atoms with E-state index in [2.05, 4.69) is 39.5 Å². The number of hydrogen-bond acceptors (Lipinski definition) is 4. The van der Waals surface area contributed by atoms with E-state index in [4.69, 9.17) is 0 Å². The van der Waals surface area contributed by atoms with Gasteiger partial charge in [-0.1, -0.05) is 24.3 Å². The largest absolute Gasteiger partial charge is 0.305 e. The number of halogens is 1. The summed E-state index contributed by atoms with van der Waals surface area (Å²) in [5.74, 6) is 0. The number of aromatic nitrogens is 4. The molecule has 20 heavy (non-hydrogen) atoms. The SMILES string of the molecule is [Br][Pt+].[c-]1c(-c2ccccn2)cnnc1-c1ccccn1. The molecule has 0 N–H and O–H groups in total. The second kappa shape index (κ2) is 7.97. The predicted molar refractivity (Wildman–Crippen MR) is 76.3 cm³/mol. The maximum atomic E-state index is 4.26. The van der Waals surface area contributed by atoms with Crippen molar-refractivity contribution in [2.75, 3.05) is 0 Å². The van der Waals surface area contributed by atoms with Crippen LogP contribution >= 0.6 is 13.3 Å². The number of nitrogens with zero attached hydrogens (tertiary/aromatic N) is 4. The molecular formula is C14H9BrN4Pt. The number of pyridine rings is 2. The monoisotopic (exact) mass is 507 g/mol. The molecule has 102 valence electrons. The average molecular weight is 508 g/mol. The standard InChI is InChI=1S/C14H9N4.BrH.Pt/c1-3-7-15-12(5-1)11-9-14(18-17-10-11)13-6-2-4-8-16-13;;/h1-8,10H;1H;/q-1;;+2/p-1. The fraction of sp³-hybridized carbons (Fsp3) is 0. The van der Waals surface area contributed by atoms with Gasteiger partial charge in [0.05, 0.1) is 0 Å². The van der Waals surface area contributed by atoms with Gasteiger partial charge < -0.3 is 9.97 Å². The second-order valence-electron chi connectivity index (χ2n) is 3.66. The van der Waals surface area contributed by atoms with Crippen LogP contribution in [0, 0.1) is 6.07 Å². The van der Waals surface area contributed by atoms with Crippen LogP contribution in [0.4, 0.5) is 0 Å². The summed E-state index contributed by atoms with van der Waals surface area (Å²) in [7, 11) is 0. The van der Waals surface area contributed by atoms with Crippen LogP contribution < -0.4 is 0 Å². The van der Waals surface area contributed by atoms with Crippen molar-refractivity contribution in [1.82, 2.24) is 20.2 Å². The summed E-state index contributed by atoms with van der Waals surface area (Å²) in [6.07, 6.45) is 5.11. The van der Waals surface area contributed by atoms with Gasteiger partial charge in [0.25, 0.3) is 0 Å². The molecule has 0 saturated carbocycles. The fourth-order valence-electron chi connectivity index (χ4n) is 1.60. The Hall–Kier alpha value is -1.45. The summed E-state index contributed by atoms with van der Waals surface area (Å²) in [5.41, 5.74) is 3.01. The van der Waals surface area contributed by atoms with Crippen LogP contribution in [-0.4, -0.2) is 20.2 Å². The molecule has 0 aliphatic rings. The van der Waals surface area contributed by atoms with E-state index in [1.165, 1.54) is 0 Å². The van der Waals surface area contributed by atoms with Gasteiger partial charge in [0.1, 0.15) is 0 Å². The van der Waals surface area contributed by atoms with Crippen LogP contribution in [0.5, 0.6) is 0 Å². The van der Waals surface area contributed by atoms with E-state index >= 15 is 0 Å². The minimum atomic E-state index is 0.624. The Kier molecular flexibility index (Phi) is 5.96. The van der Waals surface area contributed by atoms with Gasteiger partial charge in [-0.15, -0.1) is 11.6 Å². The average Bonchev–Trinajstić information content (AvgIpc) is 2.58. The molecular weight excluding hydrogens is 499 g/mol. The van der Waals surface area contributed by atoms with Crippen LogP contribution in [0.3, 0.4) is 0 Å². The third kappa shape index (κ3) is 3.78. The molecule has 3 aromatic rings. The molecule has 3 aromatic heterocycles. The smallest absolute Gasteiger partial charge is 0.0281 e. The van der Waals surface area contributed by atoms with Gasteiger partial charge in [0, 0.05) is 23.8 Å². The zero-order valence-corrected chi connectivity index (χ0v) is 14.0. The Labute approximate surface area is 134 Å². The van der Waals surface area contributed by atoms with E-state index in [0.717, 1.165) is 17.0 Å². The Morgan fingerprint density at radius 3 is 2.15 bits per heavy atom. The van der Waals surface area contributed by atoms with Gasteiger partial charge in [0.15, 0.2) is 0 Å². The summed E-state index contributed by atoms with van der Waals surface area (Å²) in [6.45, 7) is 0. The summed E-state index contributed by atoms with van der Waals surface area (Å²) >= 11 is 4.86. The molecule has 0 fully saturated rings. The van der Waals surface area contributed by atoms with Crippen LogP contribution in [0.25, 0.3) is 22.6 Å². The van der Waals surface area contributed by atoms with Crippen molar-refractivity contribution in [1.29, 1.82) is 0 Å². The first-order chi connectivity index (χ1) is 9.93. The van der Waals surface area contributed by atoms with E-state index in [9.17, 15) is 0 Å². The topological polar surface area (TPSA) is 51.6 Å². The van der Waals surface area contributed by atoms with Gasteiger partial charge in [0.2, 0.25) is 0 Å². The van der Waals surface area contributed by atoms with Crippen LogP contribution in [0.2, 0.25) is 0 Å². The zero-order valence-electron chi connectivity index (χ0n) is 10.2. The number of rotatable bonds is 2. The number of hydrogen-bond donors (Lipinski definition) is 0. The van der Waals surface area contributed by atoms with Crippen molar-refractivity contribution in [2.45, 2.75) is 0 Å². The Balaban J connectivity index is 0.000000704. The zero-order chi connectivity index (χ0) is 14.2. The summed E-state index contributed by atoms with van der Waals surface area (Å²) in [6, 6.07) is 14.5. The van der Waals surface area contributed by atoms with Crippen molar-refractivity contribution in [2.24, 2.45) is 0 Å². The molecule has 3 rings (SSSR count). The quantitative estimate of drug-likeness (QED) is 0.499. The van der Waals surface area contributed by atoms with Crippen LogP contribution in [0.15, 0.2) is 55.0 Å².